The fraction of sp³-hybridized carbons (Fsp3) is 0.0952. The van der Waals surface area contributed by atoms with Crippen molar-refractivity contribution in [2.45, 2.75) is 6.42 Å². The summed E-state index contributed by atoms with van der Waals surface area (Å²) in [6.07, 6.45) is 2.38. The molecule has 0 unspecified atom stereocenters. The van der Waals surface area contributed by atoms with Crippen LogP contribution in [-0.2, 0) is 6.42 Å². The maximum atomic E-state index is 12.5. The molecule has 2 aromatic heterocycles. The summed E-state index contributed by atoms with van der Waals surface area (Å²) in [6, 6.07) is 14.6. The van der Waals surface area contributed by atoms with Gasteiger partial charge in [0.2, 0.25) is 5.89 Å². The second-order valence-electron chi connectivity index (χ2n) is 5.92. The third kappa shape index (κ3) is 3.13. The summed E-state index contributed by atoms with van der Waals surface area (Å²) >= 11 is 0. The molecule has 0 atom stereocenters. The van der Waals surface area contributed by atoms with E-state index >= 15 is 0 Å². The third-order valence-electron chi connectivity index (χ3n) is 4.20. The lowest BCUT2D eigenvalue weighted by atomic mass is 10.1. The van der Waals surface area contributed by atoms with Crippen molar-refractivity contribution in [3.63, 3.8) is 0 Å². The van der Waals surface area contributed by atoms with Crippen LogP contribution in [-0.4, -0.2) is 17.3 Å². The number of rotatable bonds is 5. The molecule has 0 bridgehead atoms. The predicted molar refractivity (Wildman–Crippen MR) is 102 cm³/mol. The van der Waals surface area contributed by atoms with Gasteiger partial charge in [0.05, 0.1) is 7.11 Å². The Morgan fingerprint density at radius 3 is 2.59 bits per heavy atom. The van der Waals surface area contributed by atoms with E-state index in [-0.39, 0.29) is 11.5 Å². The van der Waals surface area contributed by atoms with E-state index in [0.29, 0.717) is 17.9 Å². The minimum absolute atomic E-state index is 0.116. The van der Waals surface area contributed by atoms with Gasteiger partial charge in [0.1, 0.15) is 16.9 Å². The van der Waals surface area contributed by atoms with Gasteiger partial charge in [-0.25, -0.2) is 4.79 Å². The lowest BCUT2D eigenvalue weighted by molar-refractivity contribution is 0.415. The van der Waals surface area contributed by atoms with Crippen LogP contribution in [0, 0.1) is 0 Å². The molecule has 0 aliphatic carbocycles. The molecular formula is C21H16N2O4. The molecule has 0 radical (unpaired) electrons. The number of nitrogens with zero attached hydrogens (tertiary/aromatic N) is 2. The summed E-state index contributed by atoms with van der Waals surface area (Å²) in [5.74, 6) is 1.15. The number of benzene rings is 2. The molecule has 6 heteroatoms. The minimum Gasteiger partial charge on any atom is -0.497 e. The Hall–Kier alpha value is -3.67. The summed E-state index contributed by atoms with van der Waals surface area (Å²) in [4.78, 5) is 12.5. The van der Waals surface area contributed by atoms with Crippen molar-refractivity contribution in [1.82, 2.24) is 10.2 Å². The molecule has 0 N–H and O–H groups in total. The lowest BCUT2D eigenvalue weighted by Gasteiger charge is -2.03. The smallest absolute Gasteiger partial charge is 0.349 e. The molecule has 0 aliphatic rings. The molecule has 2 aromatic carbocycles. The molecule has 0 amide bonds. The average molecular weight is 360 g/mol. The minimum atomic E-state index is -0.524. The highest BCUT2D eigenvalue weighted by Crippen LogP contribution is 2.26. The lowest BCUT2D eigenvalue weighted by Crippen LogP contribution is -2.04. The summed E-state index contributed by atoms with van der Waals surface area (Å²) in [5.41, 5.74) is 1.87. The van der Waals surface area contributed by atoms with Crippen LogP contribution in [0.2, 0.25) is 0 Å². The summed E-state index contributed by atoms with van der Waals surface area (Å²) in [7, 11) is 1.60. The Balaban J connectivity index is 1.76. The van der Waals surface area contributed by atoms with Gasteiger partial charge in [-0.15, -0.1) is 16.8 Å². The highest BCUT2D eigenvalue weighted by Gasteiger charge is 2.16. The van der Waals surface area contributed by atoms with E-state index in [0.717, 1.165) is 22.3 Å². The van der Waals surface area contributed by atoms with Crippen LogP contribution in [0.5, 0.6) is 5.75 Å². The van der Waals surface area contributed by atoms with Crippen molar-refractivity contribution in [2.24, 2.45) is 0 Å². The van der Waals surface area contributed by atoms with Crippen molar-refractivity contribution in [3.8, 4) is 28.7 Å². The average Bonchev–Trinajstić information content (AvgIpc) is 3.18. The molecule has 0 fully saturated rings. The van der Waals surface area contributed by atoms with E-state index in [4.69, 9.17) is 13.6 Å². The standard InChI is InChI=1S/C21H16N2O4/c1-3-5-13-6-4-7-15-12-17(21(24)26-18(13)15)20-23-22-19(27-20)14-8-10-16(25-2)11-9-14/h3-4,6-12H,1,5H2,2H3. The van der Waals surface area contributed by atoms with E-state index in [1.807, 2.05) is 18.2 Å². The van der Waals surface area contributed by atoms with E-state index in [9.17, 15) is 4.79 Å². The van der Waals surface area contributed by atoms with E-state index in [1.54, 1.807) is 43.5 Å². The highest BCUT2D eigenvalue weighted by atomic mass is 16.5. The molecule has 0 aliphatic heterocycles. The molecule has 0 saturated heterocycles. The summed E-state index contributed by atoms with van der Waals surface area (Å²) < 4.78 is 16.4. The number of hydrogen-bond donors (Lipinski definition) is 0. The Morgan fingerprint density at radius 2 is 1.85 bits per heavy atom. The Bertz CT molecular complexity index is 1170. The van der Waals surface area contributed by atoms with E-state index < -0.39 is 5.63 Å². The fourth-order valence-corrected chi connectivity index (χ4v) is 2.85. The van der Waals surface area contributed by atoms with Gasteiger partial charge in [-0.1, -0.05) is 24.3 Å². The van der Waals surface area contributed by atoms with Crippen molar-refractivity contribution in [1.29, 1.82) is 0 Å². The van der Waals surface area contributed by atoms with Crippen LogP contribution >= 0.6 is 0 Å². The Morgan fingerprint density at radius 1 is 1.07 bits per heavy atom. The van der Waals surface area contributed by atoms with Crippen molar-refractivity contribution in [3.05, 3.63) is 77.2 Å². The van der Waals surface area contributed by atoms with Gasteiger partial charge in [0, 0.05) is 10.9 Å². The van der Waals surface area contributed by atoms with Crippen LogP contribution in [0.25, 0.3) is 33.9 Å². The zero-order chi connectivity index (χ0) is 18.8. The van der Waals surface area contributed by atoms with Gasteiger partial charge in [0.25, 0.3) is 5.89 Å². The topological polar surface area (TPSA) is 78.4 Å². The quantitative estimate of drug-likeness (QED) is 0.391. The normalized spacial score (nSPS) is 10.9. The fourth-order valence-electron chi connectivity index (χ4n) is 2.85. The number of para-hydroxylation sites is 1. The molecule has 0 saturated carbocycles. The van der Waals surface area contributed by atoms with E-state index in [1.165, 1.54) is 0 Å². The Kier molecular flexibility index (Phi) is 4.30. The van der Waals surface area contributed by atoms with Gasteiger partial charge in [0.15, 0.2) is 0 Å². The summed E-state index contributed by atoms with van der Waals surface area (Å²) in [5, 5.41) is 8.83. The number of hydrogen-bond acceptors (Lipinski definition) is 6. The van der Waals surface area contributed by atoms with Gasteiger partial charge in [-0.2, -0.15) is 0 Å². The largest absolute Gasteiger partial charge is 0.497 e. The van der Waals surface area contributed by atoms with Crippen molar-refractivity contribution < 1.29 is 13.6 Å². The maximum Gasteiger partial charge on any atom is 0.349 e. The van der Waals surface area contributed by atoms with Gasteiger partial charge in [-0.05, 0) is 42.3 Å². The van der Waals surface area contributed by atoms with Crippen LogP contribution in [0.4, 0.5) is 0 Å². The molecule has 4 aromatic rings. The first-order valence-corrected chi connectivity index (χ1v) is 8.34. The number of ether oxygens (including phenoxy) is 1. The van der Waals surface area contributed by atoms with Gasteiger partial charge < -0.3 is 13.6 Å². The van der Waals surface area contributed by atoms with Gasteiger partial charge in [-0.3, -0.25) is 0 Å². The molecule has 134 valence electrons. The maximum absolute atomic E-state index is 12.5. The second kappa shape index (κ2) is 6.92. The molecule has 2 heterocycles. The molecule has 27 heavy (non-hydrogen) atoms. The van der Waals surface area contributed by atoms with E-state index in [2.05, 4.69) is 16.8 Å². The second-order valence-corrected chi connectivity index (χ2v) is 5.92. The number of methoxy groups -OCH3 is 1. The van der Waals surface area contributed by atoms with Crippen molar-refractivity contribution >= 4 is 11.0 Å². The molecule has 4 rings (SSSR count). The predicted octanol–water partition coefficient (Wildman–Crippen LogP) is 4.25. The third-order valence-corrected chi connectivity index (χ3v) is 4.20. The van der Waals surface area contributed by atoms with Crippen LogP contribution in [0.3, 0.4) is 0 Å². The summed E-state index contributed by atoms with van der Waals surface area (Å²) in [6.45, 7) is 3.73. The number of fused-ring (bicyclic) bond motifs is 1. The monoisotopic (exact) mass is 360 g/mol. The number of aromatic nitrogens is 2. The first-order valence-electron chi connectivity index (χ1n) is 8.34. The molecule has 6 nitrogen and oxygen atoms in total. The van der Waals surface area contributed by atoms with Crippen LogP contribution in [0.15, 0.2) is 74.8 Å². The molecular weight excluding hydrogens is 344 g/mol. The van der Waals surface area contributed by atoms with Crippen molar-refractivity contribution in [2.75, 3.05) is 7.11 Å². The zero-order valence-corrected chi connectivity index (χ0v) is 14.6. The molecule has 0 spiro atoms. The van der Waals surface area contributed by atoms with Crippen LogP contribution < -0.4 is 10.4 Å². The first kappa shape index (κ1) is 16.8. The first-order chi connectivity index (χ1) is 13.2. The number of allylic oxidation sites excluding steroid dienone is 1. The zero-order valence-electron chi connectivity index (χ0n) is 14.6. The van der Waals surface area contributed by atoms with Crippen LogP contribution in [0.1, 0.15) is 5.56 Å². The Labute approximate surface area is 154 Å². The SMILES string of the molecule is C=CCc1cccc2cc(-c3nnc(-c4ccc(OC)cc4)o3)c(=O)oc12. The highest BCUT2D eigenvalue weighted by molar-refractivity contribution is 5.83. The van der Waals surface area contributed by atoms with Gasteiger partial charge >= 0.3 is 5.63 Å².